The zero-order valence-corrected chi connectivity index (χ0v) is 19.8. The lowest BCUT2D eigenvalue weighted by Gasteiger charge is -2.41. The number of thiocarbonyl (C=S) groups is 1. The number of hydrogen-bond acceptors (Lipinski definition) is 6. The summed E-state index contributed by atoms with van der Waals surface area (Å²) in [6, 6.07) is 9.88. The van der Waals surface area contributed by atoms with Gasteiger partial charge in [0.25, 0.3) is 5.69 Å². The minimum absolute atomic E-state index is 0.0226. The summed E-state index contributed by atoms with van der Waals surface area (Å²) < 4.78 is 17.1. The molecule has 1 heterocycles. The van der Waals surface area contributed by atoms with Crippen molar-refractivity contribution in [3.05, 3.63) is 57.6 Å². The third-order valence-corrected chi connectivity index (χ3v) is 5.54. The van der Waals surface area contributed by atoms with Crippen LogP contribution in [0.15, 0.2) is 36.4 Å². The zero-order valence-electron chi connectivity index (χ0n) is 19.0. The Kier molecular flexibility index (Phi) is 7.08. The van der Waals surface area contributed by atoms with Crippen molar-refractivity contribution in [2.75, 3.05) is 27.4 Å². The minimum Gasteiger partial charge on any atom is -0.493 e. The number of non-ortho nitro benzene ring substituents is 1. The first-order chi connectivity index (χ1) is 15.1. The molecule has 1 atom stereocenters. The molecule has 1 aliphatic rings. The molecule has 0 fully saturated rings. The summed E-state index contributed by atoms with van der Waals surface area (Å²) in [5.74, 6) is 1.88. The number of benzene rings is 2. The van der Waals surface area contributed by atoms with Crippen LogP contribution >= 0.6 is 12.2 Å². The van der Waals surface area contributed by atoms with Crippen LogP contribution in [-0.4, -0.2) is 47.8 Å². The molecule has 32 heavy (non-hydrogen) atoms. The van der Waals surface area contributed by atoms with Crippen molar-refractivity contribution in [2.24, 2.45) is 0 Å². The predicted molar refractivity (Wildman–Crippen MR) is 127 cm³/mol. The van der Waals surface area contributed by atoms with E-state index in [-0.39, 0.29) is 17.3 Å². The van der Waals surface area contributed by atoms with E-state index < -0.39 is 4.92 Å². The van der Waals surface area contributed by atoms with Crippen LogP contribution in [0.3, 0.4) is 0 Å². The highest BCUT2D eigenvalue weighted by Gasteiger charge is 2.32. The summed E-state index contributed by atoms with van der Waals surface area (Å²) in [4.78, 5) is 12.6. The van der Waals surface area contributed by atoms with Crippen molar-refractivity contribution < 1.29 is 19.1 Å². The van der Waals surface area contributed by atoms with Crippen LogP contribution in [0.2, 0.25) is 0 Å². The first-order valence-electron chi connectivity index (χ1n) is 10.3. The van der Waals surface area contributed by atoms with E-state index in [1.807, 2.05) is 12.1 Å². The van der Waals surface area contributed by atoms with Crippen LogP contribution in [0, 0.1) is 10.1 Å². The van der Waals surface area contributed by atoms with Crippen molar-refractivity contribution in [1.82, 2.24) is 10.2 Å². The fourth-order valence-electron chi connectivity index (χ4n) is 3.68. The van der Waals surface area contributed by atoms with E-state index in [1.54, 1.807) is 26.4 Å². The van der Waals surface area contributed by atoms with Crippen molar-refractivity contribution in [3.63, 3.8) is 0 Å². The highest BCUT2D eigenvalue weighted by molar-refractivity contribution is 7.80. The standard InChI is InChI=1S/C23H29N3O5S/c1-23(2,3)24-22(32)25-11-10-15-12-20(29-4)21(30-5)13-18(15)19(25)14-31-17-8-6-16(7-9-17)26(27)28/h6-9,12-13,19H,10-11,14H2,1-5H3,(H,24,32)/t19-/m1/s1. The van der Waals surface area contributed by atoms with Crippen molar-refractivity contribution in [2.45, 2.75) is 38.8 Å². The Morgan fingerprint density at radius 2 is 1.81 bits per heavy atom. The molecule has 0 aliphatic carbocycles. The van der Waals surface area contributed by atoms with Crippen LogP contribution in [0.1, 0.15) is 37.9 Å². The topological polar surface area (TPSA) is 86.1 Å². The molecule has 0 saturated heterocycles. The molecule has 0 unspecified atom stereocenters. The predicted octanol–water partition coefficient (Wildman–Crippen LogP) is 4.26. The van der Waals surface area contributed by atoms with Crippen molar-refractivity contribution in [1.29, 1.82) is 0 Å². The molecule has 2 aromatic carbocycles. The monoisotopic (exact) mass is 459 g/mol. The quantitative estimate of drug-likeness (QED) is 0.390. The first-order valence-corrected chi connectivity index (χ1v) is 10.7. The van der Waals surface area contributed by atoms with Gasteiger partial charge in [-0.1, -0.05) is 0 Å². The summed E-state index contributed by atoms with van der Waals surface area (Å²) in [5, 5.41) is 15.0. The smallest absolute Gasteiger partial charge is 0.269 e. The van der Waals surface area contributed by atoms with Crippen molar-refractivity contribution >= 4 is 23.0 Å². The Bertz CT molecular complexity index is 988. The zero-order chi connectivity index (χ0) is 23.5. The molecular weight excluding hydrogens is 430 g/mol. The van der Waals surface area contributed by atoms with Crippen LogP contribution in [0.5, 0.6) is 17.2 Å². The van der Waals surface area contributed by atoms with E-state index >= 15 is 0 Å². The third kappa shape index (κ3) is 5.40. The lowest BCUT2D eigenvalue weighted by atomic mass is 9.92. The number of methoxy groups -OCH3 is 2. The van der Waals surface area contributed by atoms with E-state index in [9.17, 15) is 10.1 Å². The van der Waals surface area contributed by atoms with Gasteiger partial charge in [-0.05, 0) is 74.8 Å². The van der Waals surface area contributed by atoms with E-state index in [0.29, 0.717) is 29.0 Å². The average Bonchev–Trinajstić information content (AvgIpc) is 2.75. The van der Waals surface area contributed by atoms with Crippen molar-refractivity contribution in [3.8, 4) is 17.2 Å². The van der Waals surface area contributed by atoms with Gasteiger partial charge in [0.2, 0.25) is 0 Å². The normalized spacial score (nSPS) is 15.5. The Balaban J connectivity index is 1.92. The molecule has 8 nitrogen and oxygen atoms in total. The van der Waals surface area contributed by atoms with Gasteiger partial charge in [-0.15, -0.1) is 0 Å². The Hall–Kier alpha value is -3.07. The molecule has 0 aromatic heterocycles. The maximum absolute atomic E-state index is 10.9. The van der Waals surface area contributed by atoms with Gasteiger partial charge in [0.05, 0.1) is 25.2 Å². The second kappa shape index (κ2) is 9.60. The minimum atomic E-state index is -0.431. The molecular formula is C23H29N3O5S. The van der Waals surface area contributed by atoms with Crippen LogP contribution < -0.4 is 19.5 Å². The number of ether oxygens (including phenoxy) is 3. The summed E-state index contributed by atoms with van der Waals surface area (Å²) in [6.45, 7) is 7.22. The largest absolute Gasteiger partial charge is 0.493 e. The van der Waals surface area contributed by atoms with E-state index in [2.05, 4.69) is 31.0 Å². The van der Waals surface area contributed by atoms with Gasteiger partial charge in [0.1, 0.15) is 12.4 Å². The average molecular weight is 460 g/mol. The van der Waals surface area contributed by atoms with Gasteiger partial charge >= 0.3 is 0 Å². The third-order valence-electron chi connectivity index (χ3n) is 5.20. The number of nitro benzene ring substituents is 1. The maximum atomic E-state index is 10.9. The summed E-state index contributed by atoms with van der Waals surface area (Å²) >= 11 is 5.74. The number of nitrogens with zero attached hydrogens (tertiary/aromatic N) is 2. The molecule has 1 N–H and O–H groups in total. The Labute approximate surface area is 193 Å². The van der Waals surface area contributed by atoms with Crippen LogP contribution in [0.4, 0.5) is 5.69 Å². The van der Waals surface area contributed by atoms with Gasteiger partial charge < -0.3 is 24.4 Å². The molecule has 1 aliphatic heterocycles. The Morgan fingerprint density at radius 1 is 1.19 bits per heavy atom. The maximum Gasteiger partial charge on any atom is 0.269 e. The Morgan fingerprint density at radius 3 is 2.38 bits per heavy atom. The van der Waals surface area contributed by atoms with Crippen LogP contribution in [-0.2, 0) is 6.42 Å². The molecule has 0 radical (unpaired) electrons. The van der Waals surface area contributed by atoms with Gasteiger partial charge in [-0.25, -0.2) is 0 Å². The summed E-state index contributed by atoms with van der Waals surface area (Å²) in [7, 11) is 3.23. The van der Waals surface area contributed by atoms with E-state index in [0.717, 1.165) is 24.1 Å². The second-order valence-electron chi connectivity index (χ2n) is 8.61. The SMILES string of the molecule is COc1cc2c(cc1OC)[C@@H](COc1ccc([N+](=O)[O-])cc1)N(C(=S)NC(C)(C)C)CC2. The molecule has 9 heteroatoms. The number of nitrogens with one attached hydrogen (secondary N) is 1. The van der Waals surface area contributed by atoms with Gasteiger partial charge in [-0.3, -0.25) is 10.1 Å². The van der Waals surface area contributed by atoms with Crippen LogP contribution in [0.25, 0.3) is 0 Å². The molecule has 3 rings (SSSR count). The highest BCUT2D eigenvalue weighted by atomic mass is 32.1. The fourth-order valence-corrected chi connectivity index (χ4v) is 4.21. The lowest BCUT2D eigenvalue weighted by Crippen LogP contribution is -2.52. The summed E-state index contributed by atoms with van der Waals surface area (Å²) in [5.41, 5.74) is 2.04. The molecule has 0 spiro atoms. The summed E-state index contributed by atoms with van der Waals surface area (Å²) in [6.07, 6.45) is 0.801. The molecule has 2 aromatic rings. The molecule has 0 bridgehead atoms. The number of rotatable bonds is 6. The number of nitro groups is 1. The van der Waals surface area contributed by atoms with Gasteiger partial charge in [0, 0.05) is 24.2 Å². The number of hydrogen-bond donors (Lipinski definition) is 1. The first kappa shape index (κ1) is 23.6. The van der Waals surface area contributed by atoms with E-state index in [1.165, 1.54) is 12.1 Å². The second-order valence-corrected chi connectivity index (χ2v) is 8.99. The molecule has 0 saturated carbocycles. The van der Waals surface area contributed by atoms with Gasteiger partial charge in [-0.2, -0.15) is 0 Å². The molecule has 0 amide bonds. The number of fused-ring (bicyclic) bond motifs is 1. The highest BCUT2D eigenvalue weighted by Crippen LogP contribution is 2.38. The van der Waals surface area contributed by atoms with Gasteiger partial charge in [0.15, 0.2) is 16.6 Å². The fraction of sp³-hybridized carbons (Fsp3) is 0.435. The molecule has 172 valence electrons. The lowest BCUT2D eigenvalue weighted by molar-refractivity contribution is -0.384. The van der Waals surface area contributed by atoms with E-state index in [4.69, 9.17) is 26.4 Å².